The maximum absolute atomic E-state index is 14.6. The van der Waals surface area contributed by atoms with Crippen LogP contribution in [0.15, 0.2) is 45.8 Å². The van der Waals surface area contributed by atoms with E-state index in [1.165, 1.54) is 5.56 Å². The SMILES string of the molecule is CC(C)c1cc(C(C)C)c(S(=O)N[C@H](C(=O)N(C)[C@H](C(=O)N(C(C)C)C(C)C)C(C)(C)C)c2ccc(Br)cc2)c(C(C)C)c1. The lowest BCUT2D eigenvalue weighted by molar-refractivity contribution is -0.152. The molecule has 1 unspecified atom stereocenters. The van der Waals surface area contributed by atoms with E-state index in [0.717, 1.165) is 20.5 Å². The smallest absolute Gasteiger partial charge is 0.246 e. The van der Waals surface area contributed by atoms with Gasteiger partial charge in [0.25, 0.3) is 0 Å². The molecule has 44 heavy (non-hydrogen) atoms. The fourth-order valence-corrected chi connectivity index (χ4v) is 7.73. The minimum atomic E-state index is -1.72. The molecule has 6 nitrogen and oxygen atoms in total. The monoisotopic (exact) mass is 689 g/mol. The third-order valence-electron chi connectivity index (χ3n) is 8.10. The van der Waals surface area contributed by atoms with Gasteiger partial charge in [0.15, 0.2) is 0 Å². The maximum atomic E-state index is 14.6. The largest absolute Gasteiger partial charge is 0.336 e. The molecule has 1 N–H and O–H groups in total. The van der Waals surface area contributed by atoms with Crippen molar-refractivity contribution < 1.29 is 13.8 Å². The van der Waals surface area contributed by atoms with E-state index in [0.29, 0.717) is 11.5 Å². The van der Waals surface area contributed by atoms with Crippen LogP contribution in [0.1, 0.15) is 136 Å². The molecule has 0 aliphatic heterocycles. The van der Waals surface area contributed by atoms with E-state index in [-0.39, 0.29) is 35.7 Å². The molecule has 246 valence electrons. The van der Waals surface area contributed by atoms with Gasteiger partial charge >= 0.3 is 0 Å². The number of nitrogens with zero attached hydrogens (tertiary/aromatic N) is 2. The third kappa shape index (κ3) is 9.03. The van der Waals surface area contributed by atoms with Crippen molar-refractivity contribution in [2.24, 2.45) is 5.41 Å². The Kier molecular flexibility index (Phi) is 13.4. The summed E-state index contributed by atoms with van der Waals surface area (Å²) < 4.78 is 18.6. The molecule has 3 atom stereocenters. The van der Waals surface area contributed by atoms with Crippen molar-refractivity contribution in [2.45, 2.75) is 137 Å². The topological polar surface area (TPSA) is 69.7 Å². The minimum Gasteiger partial charge on any atom is -0.336 e. The van der Waals surface area contributed by atoms with Gasteiger partial charge in [-0.05, 0) is 85.3 Å². The lowest BCUT2D eigenvalue weighted by Crippen LogP contribution is -2.59. The molecule has 0 saturated carbocycles. The summed E-state index contributed by atoms with van der Waals surface area (Å²) in [7, 11) is -0.0189. The van der Waals surface area contributed by atoms with Crippen LogP contribution in [0.4, 0.5) is 0 Å². The number of carbonyl (C=O) groups is 2. The van der Waals surface area contributed by atoms with E-state index >= 15 is 0 Å². The van der Waals surface area contributed by atoms with Gasteiger partial charge in [0.2, 0.25) is 11.8 Å². The number of rotatable bonds is 12. The van der Waals surface area contributed by atoms with E-state index in [9.17, 15) is 13.8 Å². The van der Waals surface area contributed by atoms with Gasteiger partial charge in [0, 0.05) is 23.6 Å². The summed E-state index contributed by atoms with van der Waals surface area (Å²) in [6, 6.07) is 10.1. The zero-order valence-corrected chi connectivity index (χ0v) is 31.8. The van der Waals surface area contributed by atoms with Crippen LogP contribution in [0.25, 0.3) is 0 Å². The van der Waals surface area contributed by atoms with Crippen LogP contribution >= 0.6 is 15.9 Å². The van der Waals surface area contributed by atoms with Crippen LogP contribution in [0.3, 0.4) is 0 Å². The number of hydrogen-bond donors (Lipinski definition) is 1. The number of nitrogens with one attached hydrogen (secondary N) is 1. The number of hydrogen-bond acceptors (Lipinski definition) is 3. The summed E-state index contributed by atoms with van der Waals surface area (Å²) >= 11 is 3.50. The molecule has 0 saturated heterocycles. The molecule has 2 rings (SSSR count). The van der Waals surface area contributed by atoms with Crippen LogP contribution in [-0.2, 0) is 20.6 Å². The molecule has 0 aliphatic rings. The molecular formula is C36H56BrN3O3S. The molecule has 0 bridgehead atoms. The number of halogens is 1. The average Bonchev–Trinajstić information content (AvgIpc) is 2.89. The molecule has 2 aromatic rings. The first kappa shape index (κ1) is 38.2. The van der Waals surface area contributed by atoms with Crippen molar-refractivity contribution in [3.8, 4) is 0 Å². The van der Waals surface area contributed by atoms with E-state index < -0.39 is 28.5 Å². The van der Waals surface area contributed by atoms with Gasteiger partial charge in [0.1, 0.15) is 23.1 Å². The molecule has 0 aromatic heterocycles. The standard InChI is InChI=1S/C36H56BrN3O3S/c1-21(2)27-19-29(22(3)4)32(30(20-27)23(5)6)44(43)38-31(26-15-17-28(37)18-16-26)34(41)39(14)33(36(11,12)13)35(42)40(24(7)8)25(9)10/h15-25,31,33,38H,1-14H3/t31-,33+,44?/m0/s1. The average molecular weight is 691 g/mol. The first-order valence-corrected chi connectivity index (χ1v) is 17.8. The molecule has 0 spiro atoms. The molecule has 8 heteroatoms. The van der Waals surface area contributed by atoms with Gasteiger partial charge in [-0.2, -0.15) is 0 Å². The van der Waals surface area contributed by atoms with E-state index in [1.54, 1.807) is 11.9 Å². The second kappa shape index (κ2) is 15.5. The van der Waals surface area contributed by atoms with E-state index in [2.05, 4.69) is 74.3 Å². The second-order valence-electron chi connectivity index (χ2n) is 14.5. The van der Waals surface area contributed by atoms with Gasteiger partial charge in [-0.15, -0.1) is 0 Å². The predicted octanol–water partition coefficient (Wildman–Crippen LogP) is 8.69. The van der Waals surface area contributed by atoms with Crippen molar-refractivity contribution in [1.29, 1.82) is 0 Å². The Morgan fingerprint density at radius 3 is 1.57 bits per heavy atom. The highest BCUT2D eigenvalue weighted by Gasteiger charge is 2.43. The van der Waals surface area contributed by atoms with E-state index in [1.807, 2.05) is 77.6 Å². The quantitative estimate of drug-likeness (QED) is 0.242. The van der Waals surface area contributed by atoms with E-state index in [4.69, 9.17) is 0 Å². The summed E-state index contributed by atoms with van der Waals surface area (Å²) in [5.74, 6) is 0.198. The zero-order valence-electron chi connectivity index (χ0n) is 29.4. The summed E-state index contributed by atoms with van der Waals surface area (Å²) in [6.45, 7) is 26.7. The highest BCUT2D eigenvalue weighted by Crippen LogP contribution is 2.35. The van der Waals surface area contributed by atoms with Crippen LogP contribution in [-0.4, -0.2) is 51.0 Å². The lowest BCUT2D eigenvalue weighted by Gasteiger charge is -2.43. The summed E-state index contributed by atoms with van der Waals surface area (Å²) in [6.07, 6.45) is 0. The van der Waals surface area contributed by atoms with Crippen LogP contribution in [0, 0.1) is 5.41 Å². The molecule has 2 amide bonds. The maximum Gasteiger partial charge on any atom is 0.246 e. The summed E-state index contributed by atoms with van der Waals surface area (Å²) in [4.78, 5) is 32.9. The fraction of sp³-hybridized carbons (Fsp3) is 0.611. The Morgan fingerprint density at radius 2 is 1.20 bits per heavy atom. The molecular weight excluding hydrogens is 634 g/mol. The Balaban J connectivity index is 2.72. The van der Waals surface area contributed by atoms with Gasteiger partial charge < -0.3 is 9.80 Å². The first-order valence-electron chi connectivity index (χ1n) is 15.9. The highest BCUT2D eigenvalue weighted by atomic mass is 79.9. The normalized spacial score (nSPS) is 14.5. The van der Waals surface area contributed by atoms with Crippen LogP contribution in [0.2, 0.25) is 0 Å². The lowest BCUT2D eigenvalue weighted by atomic mass is 9.84. The molecule has 0 radical (unpaired) electrons. The van der Waals surface area contributed by atoms with Gasteiger partial charge in [-0.25, -0.2) is 8.93 Å². The Labute approximate surface area is 278 Å². The Bertz CT molecular complexity index is 1280. The minimum absolute atomic E-state index is 0.0264. The van der Waals surface area contributed by atoms with Crippen molar-refractivity contribution >= 4 is 38.7 Å². The zero-order chi connectivity index (χ0) is 33.8. The molecule has 0 heterocycles. The summed E-state index contributed by atoms with van der Waals surface area (Å²) in [5, 5.41) is 0. The fourth-order valence-electron chi connectivity index (χ4n) is 5.88. The van der Waals surface area contributed by atoms with Crippen molar-refractivity contribution in [3.63, 3.8) is 0 Å². The van der Waals surface area contributed by atoms with Crippen LogP contribution < -0.4 is 4.72 Å². The van der Waals surface area contributed by atoms with Gasteiger partial charge in [-0.3, -0.25) is 9.59 Å². The number of benzene rings is 2. The van der Waals surface area contributed by atoms with Gasteiger partial charge in [0.05, 0.1) is 4.90 Å². The van der Waals surface area contributed by atoms with Gasteiger partial charge in [-0.1, -0.05) is 103 Å². The third-order valence-corrected chi connectivity index (χ3v) is 9.92. The second-order valence-corrected chi connectivity index (χ2v) is 16.6. The summed E-state index contributed by atoms with van der Waals surface area (Å²) in [5.41, 5.74) is 3.39. The Morgan fingerprint density at radius 1 is 0.750 bits per heavy atom. The Hall–Kier alpha value is -2.03. The number of likely N-dealkylation sites (N-methyl/N-ethyl adjacent to an activating group) is 1. The highest BCUT2D eigenvalue weighted by molar-refractivity contribution is 9.10. The van der Waals surface area contributed by atoms with Crippen LogP contribution in [0.5, 0.6) is 0 Å². The number of carbonyl (C=O) groups excluding carboxylic acids is 2. The first-order chi connectivity index (χ1) is 20.2. The van der Waals surface area contributed by atoms with Crippen molar-refractivity contribution in [1.82, 2.24) is 14.5 Å². The molecule has 0 fully saturated rings. The van der Waals surface area contributed by atoms with Crippen molar-refractivity contribution in [3.05, 3.63) is 63.1 Å². The number of amides is 2. The predicted molar refractivity (Wildman–Crippen MR) is 188 cm³/mol. The molecule has 2 aromatic carbocycles. The van der Waals surface area contributed by atoms with Crippen molar-refractivity contribution in [2.75, 3.05) is 7.05 Å². The molecule has 0 aliphatic carbocycles.